The van der Waals surface area contributed by atoms with Crippen LogP contribution in [0.25, 0.3) is 0 Å². The van der Waals surface area contributed by atoms with Crippen LogP contribution in [-0.4, -0.2) is 11.3 Å². The Bertz CT molecular complexity index is 9210. The van der Waals surface area contributed by atoms with Crippen molar-refractivity contribution in [2.75, 3.05) is 0 Å². The fourth-order valence-corrected chi connectivity index (χ4v) is 288. The zero-order valence-corrected chi connectivity index (χ0v) is 144. The van der Waals surface area contributed by atoms with Crippen LogP contribution in [0.15, 0.2) is 12.3 Å². The molecule has 0 aliphatic heterocycles. The summed E-state index contributed by atoms with van der Waals surface area (Å²) in [5, 5.41) is 0. The van der Waals surface area contributed by atoms with Crippen molar-refractivity contribution in [1.29, 1.82) is 0 Å². The number of nitrogens with zero attached hydrogens (tertiary/aromatic N) is 1. The van der Waals surface area contributed by atoms with Crippen LogP contribution in [0.2, 0.25) is 0 Å². The van der Waals surface area contributed by atoms with Crippen LogP contribution in [0.5, 0.6) is 0 Å². The maximum absolute atomic E-state index is 11.0. The van der Waals surface area contributed by atoms with Crippen LogP contribution in [0.3, 0.4) is 0 Å². The summed E-state index contributed by atoms with van der Waals surface area (Å²) in [6.07, 6.45) is 2.42. The van der Waals surface area contributed by atoms with Gasteiger partial charge in [0.05, 0.1) is 0 Å². The molecule has 0 unspecified atom stereocenters. The third-order valence-corrected chi connectivity index (χ3v) is 239. The topological polar surface area (TPSA) is 30.0 Å². The van der Waals surface area contributed by atoms with Crippen LogP contribution >= 0.6 is 0 Å². The average molecular weight is 3710 g/mol. The number of carbonyl (C=O) groups is 1. The summed E-state index contributed by atoms with van der Waals surface area (Å²) in [4.78, 5) is 15.3. The van der Waals surface area contributed by atoms with Crippen molar-refractivity contribution < 1.29 is 4.79 Å². The van der Waals surface area contributed by atoms with Crippen molar-refractivity contribution in [1.82, 2.24) is 4.98 Å². The molecule has 744 valence electrons. The predicted molar refractivity (Wildman–Crippen MR) is 870 cm³/mol. The van der Waals surface area contributed by atoms with E-state index in [-0.39, 0.29) is 10.8 Å². The average Bonchev–Trinajstić information content (AvgIpc) is 0.828. The third kappa shape index (κ3) is 130. The second-order valence-corrected chi connectivity index (χ2v) is 201. The molecule has 1 heterocycles. The molecule has 0 aliphatic rings. The van der Waals surface area contributed by atoms with Crippen LogP contribution in [0.4, 0.5) is 0 Å². The Balaban J connectivity index is 0.00000764. The lowest BCUT2D eigenvalue weighted by molar-refractivity contribution is 0.112. The van der Waals surface area contributed by atoms with Gasteiger partial charge in [-0.25, -0.2) is 0 Å². The summed E-state index contributed by atoms with van der Waals surface area (Å²) in [5.74, 6) is 6.25. The molecule has 1 aromatic rings. The molecule has 126 heavy (non-hydrogen) atoms. The van der Waals surface area contributed by atoms with Gasteiger partial charge in [-0.05, 0) is 26.8 Å². The predicted octanol–water partition coefficient (Wildman–Crippen LogP) is 3.33. The molecule has 0 aromatic carbocycles. The highest BCUT2D eigenvalue weighted by Crippen LogP contribution is 2.22. The van der Waals surface area contributed by atoms with E-state index in [1.165, 1.54) is 17.8 Å². The molecule has 1 aromatic heterocycles. The second-order valence-electron chi connectivity index (χ2n) is 13.7. The zero-order valence-electron chi connectivity index (χ0n) is 56.2. The van der Waals surface area contributed by atoms with Gasteiger partial charge in [-0.3, -0.25) is 9.78 Å². The van der Waals surface area contributed by atoms with Crippen molar-refractivity contribution in [3.05, 3.63) is 29.1 Å². The maximum Gasteiger partial charge on any atom is 0.152 e. The SMILES string of the molecule is CC(C)(C)C#Cc1cc(C(C)(C)C)ncc1C=O.S=S=S=S=S=S=S=S=S=S=S=S=S=S=S=S=S=S=S=S=S=S=S=S=S=S=S=S=S=S=S=S=S=S=S=S=S=S=S=S=S=S=S=S=S=S=S=S=S=S=S=S=S=S=S=S=S=S=S=S=S=S=S=S=S=S=S=S=S=S=S=S=S=S=S=S=S=S=S=S=S=S=S=S=S=S=S=S=S=S=S=S=S=S=S=S=S=S=S=S=S=S=S=S=S=S=S=S. The normalized spacial score (nSPS) is 8.43. The molecule has 0 saturated heterocycles. The molecule has 0 spiro atoms. The first kappa shape index (κ1) is 148. The maximum atomic E-state index is 11.0. The van der Waals surface area contributed by atoms with E-state index in [9.17, 15) is 4.79 Å². The number of carbonyl (C=O) groups excluding carboxylic acids is 1. The van der Waals surface area contributed by atoms with Gasteiger partial charge in [0.25, 0.3) is 0 Å². The minimum Gasteiger partial charge on any atom is -0.298 e. The molecular weight excluding hydrogens is 3690 g/mol. The van der Waals surface area contributed by atoms with E-state index in [1.807, 2.05) is 844 Å². The van der Waals surface area contributed by atoms with E-state index in [0.29, 0.717) is 5.56 Å². The van der Waals surface area contributed by atoms with Gasteiger partial charge >= 0.3 is 0 Å². The van der Waals surface area contributed by atoms with Gasteiger partial charge in [0.2, 0.25) is 0 Å². The molecule has 0 aliphatic carbocycles. The van der Waals surface area contributed by atoms with E-state index in [0.717, 1.165) is 17.5 Å². The third-order valence-electron chi connectivity index (χ3n) is 5.32. The molecule has 0 amide bonds. The second kappa shape index (κ2) is 131. The monoisotopic (exact) mass is 3700 g/mol. The first-order valence-corrected chi connectivity index (χ1v) is 167. The lowest BCUT2D eigenvalue weighted by Crippen LogP contribution is -2.14. The standard InChI is InChI=1S/C16H21NO.S108/c1-15(2,3)8-7-12-9-14(16(4,5)6)17-10-13(12)11-18;1-3-5-7-9-11-13-15-17-19-21-23-25-27-29-31-33-35-37-39-41-43-45-47-49-51-53-55-57-59-61-63-65-67-69-71-73-75-77-79-81-83-85-87-89-91-93-95-97-99-101-103-105-107-108-106-104-102-100-98-96-94-92-90-88-86-84-82-80-78-76-74-72-70-68-66-64-62-60-58-56-54-52-50-48-46-44-42-40-38-36-34-32-30-28-26-24-22-20-18-16-14-12-10-8-6-4-2/h9-11H,1-6H3;. The van der Waals surface area contributed by atoms with E-state index in [4.69, 9.17) is 22.4 Å². The van der Waals surface area contributed by atoms with Gasteiger partial charge in [0.15, 0.2) is 6.29 Å². The van der Waals surface area contributed by atoms with E-state index in [1.54, 1.807) is 113 Å². The van der Waals surface area contributed by atoms with Crippen molar-refractivity contribution in [2.45, 2.75) is 47.0 Å². The van der Waals surface area contributed by atoms with E-state index >= 15 is 0 Å². The highest BCUT2D eigenvalue weighted by atomic mass is 33.6. The van der Waals surface area contributed by atoms with E-state index in [2.05, 4.69) is 37.6 Å². The molecule has 0 bridgehead atoms. The van der Waals surface area contributed by atoms with Gasteiger partial charge in [0.1, 0.15) is 0 Å². The number of aldehydes is 1. The highest BCUT2D eigenvalue weighted by Gasteiger charge is 2.17. The van der Waals surface area contributed by atoms with Crippen LogP contribution in [-0.2, 0) is 969 Å². The van der Waals surface area contributed by atoms with Gasteiger partial charge in [-0.1, -0.05) is 32.6 Å². The molecule has 2 nitrogen and oxygen atoms in total. The van der Waals surface area contributed by atoms with Crippen molar-refractivity contribution in [3.8, 4) is 11.8 Å². The lowest BCUT2D eigenvalue weighted by atomic mass is 9.90. The Morgan fingerprint density at radius 3 is 0.405 bits per heavy atom. The Labute approximate surface area is 1040 Å². The number of hydrogen-bond donors (Lipinski definition) is 0. The summed E-state index contributed by atoms with van der Waals surface area (Å²) in [7, 11) is 192. The van der Waals surface area contributed by atoms with Crippen molar-refractivity contribution in [2.24, 2.45) is 5.41 Å². The van der Waals surface area contributed by atoms with Gasteiger partial charge in [-0.2, -0.15) is 0 Å². The van der Waals surface area contributed by atoms with Gasteiger partial charge in [-0.15, -0.1) is 0 Å². The molecule has 0 saturated carbocycles. The molecule has 0 atom stereocenters. The summed E-state index contributed by atoms with van der Waals surface area (Å²) in [6, 6.07) is 1.92. The summed E-state index contributed by atoms with van der Waals surface area (Å²) in [5.41, 5.74) is 2.15. The van der Waals surface area contributed by atoms with Crippen molar-refractivity contribution in [3.63, 3.8) is 0 Å². The molecule has 1 rings (SSSR count). The highest BCUT2D eigenvalue weighted by molar-refractivity contribution is 8.88. The minimum absolute atomic E-state index is 0.0421. The largest absolute Gasteiger partial charge is 0.298 e. The van der Waals surface area contributed by atoms with Gasteiger partial charge in [0, 0.05) is 998 Å². The number of rotatable bonds is 1. The van der Waals surface area contributed by atoms with Crippen LogP contribution < -0.4 is 0 Å². The Hall–Kier alpha value is 22.1. The number of hydrogen-bond acceptors (Lipinski definition) is 4. The first-order chi connectivity index (χ1) is 62.0. The number of aromatic nitrogens is 1. The smallest absolute Gasteiger partial charge is 0.152 e. The van der Waals surface area contributed by atoms with E-state index < -0.39 is 0 Å². The first-order valence-electron chi connectivity index (χ1n) is 24.0. The fraction of sp³-hybridized carbons (Fsp3) is 0.500. The number of pyridine rings is 1. The van der Waals surface area contributed by atoms with Crippen LogP contribution in [0, 0.1) is 17.3 Å². The Morgan fingerprint density at radius 1 is 0.206 bits per heavy atom. The van der Waals surface area contributed by atoms with Crippen LogP contribution in [0.1, 0.15) is 63.2 Å². The quantitative estimate of drug-likeness (QED) is 0.320. The summed E-state index contributed by atoms with van der Waals surface area (Å²) in [6.45, 7) is 12.4. The Kier molecular flexibility index (Phi) is 154. The molecule has 0 N–H and O–H groups in total. The van der Waals surface area contributed by atoms with Crippen molar-refractivity contribution >= 4 is 970 Å². The zero-order chi connectivity index (χ0) is 90.9. The molecular formula is C16H21NOS108. The van der Waals surface area contributed by atoms with Gasteiger partial charge < -0.3 is 0 Å². The molecule has 0 fully saturated rings. The Morgan fingerprint density at radius 2 is 0.317 bits per heavy atom. The molecule has 0 radical (unpaired) electrons. The fourth-order valence-electron chi connectivity index (χ4n) is 2.51. The molecule has 110 heteroatoms. The minimum atomic E-state index is -0.0781. The summed E-state index contributed by atoms with van der Waals surface area (Å²) < 4.78 is 0. The lowest BCUT2D eigenvalue weighted by Gasteiger charge is -2.18. The summed E-state index contributed by atoms with van der Waals surface area (Å²) >= 11 is 9.66.